The van der Waals surface area contributed by atoms with Gasteiger partial charge in [-0.05, 0) is 24.5 Å². The van der Waals surface area contributed by atoms with Gasteiger partial charge in [0, 0.05) is 17.4 Å². The number of aryl methyl sites for hydroxylation is 1. The molecule has 70 valence electrons. The first-order valence-corrected chi connectivity index (χ1v) is 4.35. The molecule has 0 aliphatic carbocycles. The van der Waals surface area contributed by atoms with Gasteiger partial charge in [0.1, 0.15) is 0 Å². The Labute approximate surface area is 78.6 Å². The van der Waals surface area contributed by atoms with Gasteiger partial charge in [-0.25, -0.2) is 0 Å². The monoisotopic (exact) mass is 179 g/mol. The Hall–Kier alpha value is -0.865. The lowest BCUT2D eigenvalue weighted by atomic mass is 9.74. The zero-order valence-corrected chi connectivity index (χ0v) is 8.15. The molecule has 1 heterocycles. The summed E-state index contributed by atoms with van der Waals surface area (Å²) in [4.78, 5) is 4.14. The lowest BCUT2D eigenvalue weighted by Gasteiger charge is -2.12. The van der Waals surface area contributed by atoms with Gasteiger partial charge in [0.2, 0.25) is 0 Å². The van der Waals surface area contributed by atoms with E-state index in [2.05, 4.69) is 4.98 Å². The molecular weight excluding hydrogens is 165 g/mol. The van der Waals surface area contributed by atoms with Gasteiger partial charge in [-0.15, -0.1) is 0 Å². The van der Waals surface area contributed by atoms with Gasteiger partial charge in [-0.3, -0.25) is 4.98 Å². The summed E-state index contributed by atoms with van der Waals surface area (Å²) in [6.07, 6.45) is 1.69. The minimum absolute atomic E-state index is 0.205. The van der Waals surface area contributed by atoms with Crippen molar-refractivity contribution in [2.45, 2.75) is 26.7 Å². The predicted molar refractivity (Wildman–Crippen MR) is 52.9 cm³/mol. The quantitative estimate of drug-likeness (QED) is 0.637. The van der Waals surface area contributed by atoms with Gasteiger partial charge < -0.3 is 10.0 Å². The third-order valence-corrected chi connectivity index (χ3v) is 2.04. The van der Waals surface area contributed by atoms with Crippen LogP contribution in [-0.4, -0.2) is 22.2 Å². The first-order chi connectivity index (χ1) is 6.04. The largest absolute Gasteiger partial charge is 0.490 e. The van der Waals surface area contributed by atoms with Crippen molar-refractivity contribution in [3.63, 3.8) is 0 Å². The highest BCUT2D eigenvalue weighted by Crippen LogP contribution is 2.10. The van der Waals surface area contributed by atoms with E-state index in [1.165, 1.54) is 0 Å². The molecule has 0 spiro atoms. The summed E-state index contributed by atoms with van der Waals surface area (Å²) < 4.78 is 0. The van der Waals surface area contributed by atoms with E-state index in [0.29, 0.717) is 5.46 Å². The fraction of sp³-hybridized carbons (Fsp3) is 0.444. The second-order valence-electron chi connectivity index (χ2n) is 3.46. The first kappa shape index (κ1) is 10.2. The SMILES string of the molecule is Cc1ccnc(C(C)C)c1B(O)O. The zero-order valence-electron chi connectivity index (χ0n) is 8.15. The molecule has 0 atom stereocenters. The molecule has 2 N–H and O–H groups in total. The van der Waals surface area contributed by atoms with Crippen molar-refractivity contribution in [2.24, 2.45) is 0 Å². The number of rotatable bonds is 2. The van der Waals surface area contributed by atoms with Gasteiger partial charge in [0.05, 0.1) is 0 Å². The first-order valence-electron chi connectivity index (χ1n) is 4.35. The third-order valence-electron chi connectivity index (χ3n) is 2.04. The van der Waals surface area contributed by atoms with Crippen molar-refractivity contribution >= 4 is 12.6 Å². The van der Waals surface area contributed by atoms with Crippen LogP contribution in [0.3, 0.4) is 0 Å². The van der Waals surface area contributed by atoms with Gasteiger partial charge in [0.15, 0.2) is 0 Å². The van der Waals surface area contributed by atoms with E-state index in [1.807, 2.05) is 20.8 Å². The lowest BCUT2D eigenvalue weighted by Crippen LogP contribution is -2.36. The number of nitrogens with zero attached hydrogens (tertiary/aromatic N) is 1. The Bertz CT molecular complexity index is 300. The molecular formula is C9H14BNO2. The fourth-order valence-corrected chi connectivity index (χ4v) is 1.39. The Morgan fingerprint density at radius 3 is 2.38 bits per heavy atom. The van der Waals surface area contributed by atoms with Crippen molar-refractivity contribution < 1.29 is 10.0 Å². The minimum atomic E-state index is -1.42. The summed E-state index contributed by atoms with van der Waals surface area (Å²) in [5.41, 5.74) is 2.17. The van der Waals surface area contributed by atoms with Crippen molar-refractivity contribution in [1.82, 2.24) is 4.98 Å². The maximum absolute atomic E-state index is 9.15. The highest BCUT2D eigenvalue weighted by atomic mass is 16.4. The van der Waals surface area contributed by atoms with E-state index in [9.17, 15) is 0 Å². The number of hydrogen-bond donors (Lipinski definition) is 2. The van der Waals surface area contributed by atoms with E-state index >= 15 is 0 Å². The summed E-state index contributed by atoms with van der Waals surface area (Å²) in [6.45, 7) is 5.81. The molecule has 0 fully saturated rings. The lowest BCUT2D eigenvalue weighted by molar-refractivity contribution is 0.424. The van der Waals surface area contributed by atoms with Crippen LogP contribution in [0.1, 0.15) is 31.0 Å². The Kier molecular flexibility index (Phi) is 3.06. The second kappa shape index (κ2) is 3.90. The number of pyridine rings is 1. The highest BCUT2D eigenvalue weighted by molar-refractivity contribution is 6.59. The van der Waals surface area contributed by atoms with Crippen LogP contribution in [0.4, 0.5) is 0 Å². The molecule has 1 rings (SSSR count). The standard InChI is InChI=1S/C9H14BNO2/c1-6(2)9-8(10(12)13)7(3)4-5-11-9/h4-6,12-13H,1-3H3. The number of hydrogen-bond acceptors (Lipinski definition) is 3. The molecule has 0 radical (unpaired) electrons. The molecule has 1 aromatic rings. The maximum Gasteiger partial charge on any atom is 0.490 e. The number of aromatic nitrogens is 1. The predicted octanol–water partition coefficient (Wildman–Crippen LogP) is 0.193. The average molecular weight is 179 g/mol. The highest BCUT2D eigenvalue weighted by Gasteiger charge is 2.20. The summed E-state index contributed by atoms with van der Waals surface area (Å²) in [5.74, 6) is 0.205. The van der Waals surface area contributed by atoms with Crippen LogP contribution in [-0.2, 0) is 0 Å². The van der Waals surface area contributed by atoms with E-state index < -0.39 is 7.12 Å². The summed E-state index contributed by atoms with van der Waals surface area (Å²) in [6, 6.07) is 1.78. The second-order valence-corrected chi connectivity index (χ2v) is 3.46. The molecule has 1 aromatic heterocycles. The van der Waals surface area contributed by atoms with Crippen LogP contribution in [0.2, 0.25) is 0 Å². The van der Waals surface area contributed by atoms with Crippen LogP contribution < -0.4 is 5.46 Å². The zero-order chi connectivity index (χ0) is 10.0. The van der Waals surface area contributed by atoms with Gasteiger partial charge in [-0.2, -0.15) is 0 Å². The molecule has 0 bridgehead atoms. The van der Waals surface area contributed by atoms with E-state index in [4.69, 9.17) is 10.0 Å². The molecule has 13 heavy (non-hydrogen) atoms. The molecule has 4 heteroatoms. The van der Waals surface area contributed by atoms with Gasteiger partial charge in [-0.1, -0.05) is 13.8 Å². The van der Waals surface area contributed by atoms with Crippen molar-refractivity contribution in [3.8, 4) is 0 Å². The van der Waals surface area contributed by atoms with Crippen LogP contribution in [0.15, 0.2) is 12.3 Å². The minimum Gasteiger partial charge on any atom is -0.423 e. The van der Waals surface area contributed by atoms with Crippen molar-refractivity contribution in [3.05, 3.63) is 23.5 Å². The smallest absolute Gasteiger partial charge is 0.423 e. The molecule has 0 aromatic carbocycles. The molecule has 0 saturated carbocycles. The van der Waals surface area contributed by atoms with Crippen LogP contribution >= 0.6 is 0 Å². The molecule has 0 unspecified atom stereocenters. The summed E-state index contributed by atoms with van der Waals surface area (Å²) in [5, 5.41) is 18.3. The summed E-state index contributed by atoms with van der Waals surface area (Å²) >= 11 is 0. The third kappa shape index (κ3) is 2.08. The average Bonchev–Trinajstić information content (AvgIpc) is 2.02. The molecule has 0 aliphatic heterocycles. The molecule has 3 nitrogen and oxygen atoms in total. The fourth-order valence-electron chi connectivity index (χ4n) is 1.39. The molecule has 0 amide bonds. The van der Waals surface area contributed by atoms with E-state index in [0.717, 1.165) is 11.3 Å². The topological polar surface area (TPSA) is 53.4 Å². The normalized spacial score (nSPS) is 10.6. The molecule has 0 aliphatic rings. The van der Waals surface area contributed by atoms with Crippen LogP contribution in [0, 0.1) is 6.92 Å². The maximum atomic E-state index is 9.15. The van der Waals surface area contributed by atoms with Crippen LogP contribution in [0.25, 0.3) is 0 Å². The van der Waals surface area contributed by atoms with Crippen LogP contribution in [0.5, 0.6) is 0 Å². The van der Waals surface area contributed by atoms with Crippen molar-refractivity contribution in [1.29, 1.82) is 0 Å². The van der Waals surface area contributed by atoms with E-state index in [1.54, 1.807) is 12.3 Å². The van der Waals surface area contributed by atoms with Gasteiger partial charge >= 0.3 is 7.12 Å². The Morgan fingerprint density at radius 2 is 2.00 bits per heavy atom. The van der Waals surface area contributed by atoms with E-state index in [-0.39, 0.29) is 5.92 Å². The summed E-state index contributed by atoms with van der Waals surface area (Å²) in [7, 11) is -1.42. The Morgan fingerprint density at radius 1 is 1.38 bits per heavy atom. The molecule has 0 saturated heterocycles. The van der Waals surface area contributed by atoms with Crippen molar-refractivity contribution in [2.75, 3.05) is 0 Å². The Balaban J connectivity index is 3.26. The van der Waals surface area contributed by atoms with Gasteiger partial charge in [0.25, 0.3) is 0 Å².